The maximum atomic E-state index is 12.7. The van der Waals surface area contributed by atoms with Crippen LogP contribution in [-0.2, 0) is 14.3 Å². The molecule has 0 aliphatic rings. The topological polar surface area (TPSA) is 48.4 Å². The maximum absolute atomic E-state index is 12.7. The van der Waals surface area contributed by atoms with Crippen molar-refractivity contribution in [3.8, 4) is 11.1 Å². The van der Waals surface area contributed by atoms with Crippen molar-refractivity contribution < 1.29 is 14.3 Å². The van der Waals surface area contributed by atoms with Gasteiger partial charge in [0.1, 0.15) is 0 Å². The molecule has 0 bridgehead atoms. The van der Waals surface area contributed by atoms with E-state index in [1.54, 1.807) is 0 Å². The number of nitrogens with zero attached hydrogens (tertiary/aromatic N) is 1. The fraction of sp³-hybridized carbons (Fsp3) is 0.333. The predicted molar refractivity (Wildman–Crippen MR) is 118 cm³/mol. The fourth-order valence-electron chi connectivity index (χ4n) is 3.11. The molecule has 0 N–H and O–H groups in total. The largest absolute Gasteiger partial charge is 0.467 e. The summed E-state index contributed by atoms with van der Waals surface area (Å²) in [7, 11) is 1.38. The lowest BCUT2D eigenvalue weighted by Crippen LogP contribution is -2.29. The van der Waals surface area contributed by atoms with Crippen molar-refractivity contribution >= 4 is 55.1 Å². The summed E-state index contributed by atoms with van der Waals surface area (Å²) in [6, 6.07) is 9.54. The number of halogens is 2. The van der Waals surface area contributed by atoms with Crippen molar-refractivity contribution in [3.05, 3.63) is 50.4 Å². The van der Waals surface area contributed by atoms with Crippen LogP contribution in [0.15, 0.2) is 34.2 Å². The van der Waals surface area contributed by atoms with E-state index in [2.05, 4.69) is 20.9 Å². The first-order valence-electron chi connectivity index (χ1n) is 8.72. The minimum absolute atomic E-state index is 0.434. The van der Waals surface area contributed by atoms with Crippen molar-refractivity contribution in [1.29, 1.82) is 0 Å². The third-order valence-electron chi connectivity index (χ3n) is 4.18. The molecule has 2 aromatic carbocycles. The van der Waals surface area contributed by atoms with Gasteiger partial charge in [-0.25, -0.2) is 9.78 Å². The molecule has 28 heavy (non-hydrogen) atoms. The van der Waals surface area contributed by atoms with Gasteiger partial charge in [0.05, 0.1) is 22.9 Å². The van der Waals surface area contributed by atoms with Crippen LogP contribution in [0.3, 0.4) is 0 Å². The molecule has 0 saturated carbocycles. The molecule has 0 aliphatic heterocycles. The van der Waals surface area contributed by atoms with Gasteiger partial charge in [0.15, 0.2) is 10.0 Å². The third-order valence-corrected chi connectivity index (χ3v) is 5.98. The number of esters is 1. The smallest absolute Gasteiger partial charge is 0.339 e. The molecule has 7 heteroatoms. The number of ether oxygens (including phenoxy) is 2. The molecule has 0 unspecified atom stereocenters. The fourth-order valence-corrected chi connectivity index (χ4v) is 4.76. The van der Waals surface area contributed by atoms with E-state index in [1.165, 1.54) is 18.4 Å². The van der Waals surface area contributed by atoms with Gasteiger partial charge in [0.25, 0.3) is 0 Å². The molecule has 0 amide bonds. The van der Waals surface area contributed by atoms with Gasteiger partial charge in [0.2, 0.25) is 0 Å². The highest BCUT2D eigenvalue weighted by Crippen LogP contribution is 2.43. The highest BCUT2D eigenvalue weighted by molar-refractivity contribution is 9.11. The third kappa shape index (κ3) is 4.40. The van der Waals surface area contributed by atoms with Gasteiger partial charge in [-0.1, -0.05) is 23.7 Å². The van der Waals surface area contributed by atoms with E-state index in [-0.39, 0.29) is 0 Å². The second-order valence-corrected chi connectivity index (χ2v) is 10.1. The van der Waals surface area contributed by atoms with E-state index in [0.717, 1.165) is 36.4 Å². The number of aryl methyl sites for hydroxylation is 1. The monoisotopic (exact) mass is 481 g/mol. The van der Waals surface area contributed by atoms with Crippen molar-refractivity contribution in [2.24, 2.45) is 0 Å². The van der Waals surface area contributed by atoms with E-state index in [0.29, 0.717) is 5.02 Å². The Balaban J connectivity index is 2.36. The molecule has 0 spiro atoms. The summed E-state index contributed by atoms with van der Waals surface area (Å²) in [6.45, 7) is 7.72. The molecular formula is C21H21BrClNO3S. The van der Waals surface area contributed by atoms with Gasteiger partial charge < -0.3 is 9.47 Å². The second-order valence-electron chi connectivity index (χ2n) is 7.44. The number of benzene rings is 2. The highest BCUT2D eigenvalue weighted by Gasteiger charge is 2.33. The summed E-state index contributed by atoms with van der Waals surface area (Å²) < 4.78 is 13.0. The lowest BCUT2D eigenvalue weighted by molar-refractivity contribution is -0.164. The first-order chi connectivity index (χ1) is 13.1. The standard InChI is InChI=1S/C21H21BrClNO3S/c1-11-10-14-18(28-20(22)24-14)16(12-6-8-13(23)9-7-12)15(11)17(19(25)26-5)27-21(2,3)4/h6-10,17H,1-5H3/t17-/m0/s1. The number of thiazole rings is 1. The lowest BCUT2D eigenvalue weighted by Gasteiger charge is -2.28. The van der Waals surface area contributed by atoms with Gasteiger partial charge >= 0.3 is 5.97 Å². The number of methoxy groups -OCH3 is 1. The zero-order chi connectivity index (χ0) is 20.6. The zero-order valence-corrected chi connectivity index (χ0v) is 19.5. The maximum Gasteiger partial charge on any atom is 0.339 e. The van der Waals surface area contributed by atoms with Gasteiger partial charge in [-0.15, -0.1) is 11.3 Å². The van der Waals surface area contributed by atoms with Crippen LogP contribution in [0.25, 0.3) is 21.3 Å². The van der Waals surface area contributed by atoms with E-state index in [4.69, 9.17) is 21.1 Å². The average Bonchev–Trinajstić information content (AvgIpc) is 2.97. The van der Waals surface area contributed by atoms with Gasteiger partial charge in [-0.3, -0.25) is 0 Å². The minimum atomic E-state index is -0.860. The molecular weight excluding hydrogens is 462 g/mol. The Morgan fingerprint density at radius 1 is 1.25 bits per heavy atom. The van der Waals surface area contributed by atoms with Crippen LogP contribution in [0, 0.1) is 6.92 Å². The summed E-state index contributed by atoms with van der Waals surface area (Å²) in [5.41, 5.74) is 3.88. The molecule has 3 aromatic rings. The quantitative estimate of drug-likeness (QED) is 0.387. The molecule has 1 heterocycles. The van der Waals surface area contributed by atoms with Crippen molar-refractivity contribution in [1.82, 2.24) is 4.98 Å². The van der Waals surface area contributed by atoms with Crippen LogP contribution in [0.2, 0.25) is 5.02 Å². The molecule has 0 saturated heterocycles. The Labute approximate surface area is 182 Å². The van der Waals surface area contributed by atoms with Crippen molar-refractivity contribution in [2.45, 2.75) is 39.4 Å². The normalized spacial score (nSPS) is 13.0. The van der Waals surface area contributed by atoms with Crippen LogP contribution in [0.4, 0.5) is 0 Å². The number of fused-ring (bicyclic) bond motifs is 1. The summed E-state index contributed by atoms with van der Waals surface area (Å²) in [5.74, 6) is -0.434. The van der Waals surface area contributed by atoms with Gasteiger partial charge in [-0.2, -0.15) is 0 Å². The zero-order valence-electron chi connectivity index (χ0n) is 16.3. The van der Waals surface area contributed by atoms with Crippen LogP contribution in [-0.4, -0.2) is 23.7 Å². The summed E-state index contributed by atoms with van der Waals surface area (Å²) in [4.78, 5) is 17.3. The van der Waals surface area contributed by atoms with Gasteiger partial charge in [0, 0.05) is 16.1 Å². The SMILES string of the molecule is COC(=O)[C@@H](OC(C)(C)C)c1c(C)cc2nc(Br)sc2c1-c1ccc(Cl)cc1. The molecule has 1 aromatic heterocycles. The number of hydrogen-bond acceptors (Lipinski definition) is 5. The van der Waals surface area contributed by atoms with Crippen LogP contribution >= 0.6 is 38.9 Å². The van der Waals surface area contributed by atoms with Gasteiger partial charge in [-0.05, 0) is 73.0 Å². The summed E-state index contributed by atoms with van der Waals surface area (Å²) in [5, 5.41) is 0.648. The number of carbonyl (C=O) groups excluding carboxylic acids is 1. The number of carbonyl (C=O) groups is 1. The molecule has 3 rings (SSSR count). The summed E-state index contributed by atoms with van der Waals surface area (Å²) >= 11 is 11.1. The Morgan fingerprint density at radius 3 is 2.46 bits per heavy atom. The highest BCUT2D eigenvalue weighted by atomic mass is 79.9. The van der Waals surface area contributed by atoms with Crippen LogP contribution < -0.4 is 0 Å². The van der Waals surface area contributed by atoms with Crippen LogP contribution in [0.5, 0.6) is 0 Å². The Morgan fingerprint density at radius 2 is 1.89 bits per heavy atom. The molecule has 4 nitrogen and oxygen atoms in total. The molecule has 148 valence electrons. The van der Waals surface area contributed by atoms with Crippen molar-refractivity contribution in [2.75, 3.05) is 7.11 Å². The lowest BCUT2D eigenvalue weighted by atomic mass is 9.91. The Hall–Kier alpha value is -1.47. The molecule has 0 aliphatic carbocycles. The first-order valence-corrected chi connectivity index (χ1v) is 10.7. The molecule has 0 radical (unpaired) electrons. The van der Waals surface area contributed by atoms with Crippen LogP contribution in [0.1, 0.15) is 38.0 Å². The molecule has 1 atom stereocenters. The molecule has 0 fully saturated rings. The van der Waals surface area contributed by atoms with E-state index >= 15 is 0 Å². The predicted octanol–water partition coefficient (Wildman–Crippen LogP) is 6.72. The van der Waals surface area contributed by atoms with E-state index < -0.39 is 17.7 Å². The Kier molecular flexibility index (Phi) is 6.15. The van der Waals surface area contributed by atoms with E-state index in [1.807, 2.05) is 58.0 Å². The van der Waals surface area contributed by atoms with E-state index in [9.17, 15) is 4.79 Å². The second kappa shape index (κ2) is 8.11. The summed E-state index contributed by atoms with van der Waals surface area (Å²) in [6.07, 6.45) is -0.860. The first kappa shape index (κ1) is 21.2. The number of aromatic nitrogens is 1. The average molecular weight is 483 g/mol. The number of hydrogen-bond donors (Lipinski definition) is 0. The number of rotatable bonds is 4. The van der Waals surface area contributed by atoms with Crippen molar-refractivity contribution in [3.63, 3.8) is 0 Å². The Bertz CT molecular complexity index is 1020. The minimum Gasteiger partial charge on any atom is -0.467 e.